The lowest BCUT2D eigenvalue weighted by molar-refractivity contribution is 0.141. The predicted molar refractivity (Wildman–Crippen MR) is 72.0 cm³/mol. The lowest BCUT2D eigenvalue weighted by Gasteiger charge is -2.35. The molecule has 0 bridgehead atoms. The van der Waals surface area contributed by atoms with E-state index in [1.165, 1.54) is 0 Å². The molecular weight excluding hydrogens is 212 g/mol. The van der Waals surface area contributed by atoms with E-state index in [2.05, 4.69) is 45.0 Å². The van der Waals surface area contributed by atoms with Gasteiger partial charge in [0, 0.05) is 19.1 Å². The third kappa shape index (κ3) is 4.92. The van der Waals surface area contributed by atoms with Gasteiger partial charge in [-0.1, -0.05) is 20.8 Å². The van der Waals surface area contributed by atoms with Crippen molar-refractivity contribution < 1.29 is 4.42 Å². The molecule has 0 aliphatic carbocycles. The molecule has 1 unspecified atom stereocenters. The lowest BCUT2D eigenvalue weighted by atomic mass is 9.87. The van der Waals surface area contributed by atoms with Crippen molar-refractivity contribution in [2.24, 2.45) is 5.41 Å². The number of nitrogens with one attached hydrogen (secondary N) is 1. The van der Waals surface area contributed by atoms with Gasteiger partial charge in [0.1, 0.15) is 5.76 Å². The SMILES string of the molecule is CC(N(C)CCNCc1ccco1)C(C)(C)C. The Balaban J connectivity index is 2.18. The zero-order valence-electron chi connectivity index (χ0n) is 11.8. The highest BCUT2D eigenvalue weighted by Gasteiger charge is 2.23. The van der Waals surface area contributed by atoms with Crippen molar-refractivity contribution in [3.8, 4) is 0 Å². The summed E-state index contributed by atoms with van der Waals surface area (Å²) in [5.41, 5.74) is 0.329. The lowest BCUT2D eigenvalue weighted by Crippen LogP contribution is -2.42. The van der Waals surface area contributed by atoms with E-state index in [0.717, 1.165) is 25.4 Å². The molecule has 1 atom stereocenters. The maximum absolute atomic E-state index is 5.27. The van der Waals surface area contributed by atoms with E-state index in [4.69, 9.17) is 4.42 Å². The fourth-order valence-corrected chi connectivity index (χ4v) is 1.73. The Morgan fingerprint density at radius 3 is 2.65 bits per heavy atom. The fraction of sp³-hybridized carbons (Fsp3) is 0.714. The highest BCUT2D eigenvalue weighted by Crippen LogP contribution is 2.22. The van der Waals surface area contributed by atoms with E-state index in [1.807, 2.05) is 12.1 Å². The van der Waals surface area contributed by atoms with Crippen LogP contribution in [0.1, 0.15) is 33.5 Å². The molecule has 0 aromatic carbocycles. The second kappa shape index (κ2) is 6.22. The Morgan fingerprint density at radius 1 is 1.41 bits per heavy atom. The smallest absolute Gasteiger partial charge is 0.117 e. The first kappa shape index (κ1) is 14.3. The molecule has 0 saturated carbocycles. The number of hydrogen-bond donors (Lipinski definition) is 1. The zero-order chi connectivity index (χ0) is 12.9. The second-order valence-electron chi connectivity index (χ2n) is 5.78. The standard InChI is InChI=1S/C14H26N2O/c1-12(14(2,3)4)16(5)9-8-15-11-13-7-6-10-17-13/h6-7,10,12,15H,8-9,11H2,1-5H3. The quantitative estimate of drug-likeness (QED) is 0.772. The van der Waals surface area contributed by atoms with Crippen LogP contribution in [0.5, 0.6) is 0 Å². The molecular formula is C14H26N2O. The van der Waals surface area contributed by atoms with Gasteiger partial charge in [-0.2, -0.15) is 0 Å². The molecule has 1 N–H and O–H groups in total. The fourth-order valence-electron chi connectivity index (χ4n) is 1.73. The minimum absolute atomic E-state index is 0.329. The molecule has 1 aromatic heterocycles. The van der Waals surface area contributed by atoms with Crippen molar-refractivity contribution in [3.63, 3.8) is 0 Å². The summed E-state index contributed by atoms with van der Waals surface area (Å²) in [5.74, 6) is 0.997. The van der Waals surface area contributed by atoms with E-state index in [0.29, 0.717) is 11.5 Å². The maximum Gasteiger partial charge on any atom is 0.117 e. The second-order valence-corrected chi connectivity index (χ2v) is 5.78. The summed E-state index contributed by atoms with van der Waals surface area (Å²) < 4.78 is 5.27. The Kier molecular flexibility index (Phi) is 5.22. The molecule has 1 aromatic rings. The van der Waals surface area contributed by atoms with Crippen molar-refractivity contribution in [2.75, 3.05) is 20.1 Å². The largest absolute Gasteiger partial charge is 0.468 e. The van der Waals surface area contributed by atoms with Gasteiger partial charge < -0.3 is 14.6 Å². The van der Waals surface area contributed by atoms with Crippen LogP contribution in [0.4, 0.5) is 0 Å². The van der Waals surface area contributed by atoms with Crippen molar-refractivity contribution in [1.82, 2.24) is 10.2 Å². The Morgan fingerprint density at radius 2 is 2.12 bits per heavy atom. The van der Waals surface area contributed by atoms with E-state index in [-0.39, 0.29) is 0 Å². The van der Waals surface area contributed by atoms with Crippen LogP contribution in [-0.4, -0.2) is 31.1 Å². The van der Waals surface area contributed by atoms with Gasteiger partial charge in [-0.15, -0.1) is 0 Å². The Bertz CT molecular complexity index is 301. The monoisotopic (exact) mass is 238 g/mol. The summed E-state index contributed by atoms with van der Waals surface area (Å²) in [4.78, 5) is 2.40. The van der Waals surface area contributed by atoms with Crippen LogP contribution >= 0.6 is 0 Å². The average Bonchev–Trinajstić information content (AvgIpc) is 2.74. The van der Waals surface area contributed by atoms with Gasteiger partial charge in [0.2, 0.25) is 0 Å². The van der Waals surface area contributed by atoms with Gasteiger partial charge in [-0.25, -0.2) is 0 Å². The summed E-state index contributed by atoms with van der Waals surface area (Å²) in [6.45, 7) is 12.0. The highest BCUT2D eigenvalue weighted by molar-refractivity contribution is 4.97. The van der Waals surface area contributed by atoms with Crippen molar-refractivity contribution in [3.05, 3.63) is 24.2 Å². The molecule has 98 valence electrons. The van der Waals surface area contributed by atoms with Crippen LogP contribution < -0.4 is 5.32 Å². The first-order valence-electron chi connectivity index (χ1n) is 6.34. The number of nitrogens with zero attached hydrogens (tertiary/aromatic N) is 1. The number of hydrogen-bond acceptors (Lipinski definition) is 3. The first-order valence-corrected chi connectivity index (χ1v) is 6.34. The summed E-state index contributed by atoms with van der Waals surface area (Å²) >= 11 is 0. The zero-order valence-corrected chi connectivity index (χ0v) is 11.8. The predicted octanol–water partition coefficient (Wildman–Crippen LogP) is 2.74. The number of likely N-dealkylation sites (N-methyl/N-ethyl adjacent to an activating group) is 1. The third-order valence-electron chi connectivity index (χ3n) is 3.44. The highest BCUT2D eigenvalue weighted by atomic mass is 16.3. The normalized spacial score (nSPS) is 14.2. The van der Waals surface area contributed by atoms with Crippen LogP contribution in [0.3, 0.4) is 0 Å². The van der Waals surface area contributed by atoms with Gasteiger partial charge in [0.05, 0.1) is 12.8 Å². The van der Waals surface area contributed by atoms with Crippen LogP contribution in [0, 0.1) is 5.41 Å². The van der Waals surface area contributed by atoms with Gasteiger partial charge in [0.25, 0.3) is 0 Å². The molecule has 0 spiro atoms. The number of rotatable bonds is 6. The Hall–Kier alpha value is -0.800. The molecule has 0 radical (unpaired) electrons. The maximum atomic E-state index is 5.27. The third-order valence-corrected chi connectivity index (χ3v) is 3.44. The van der Waals surface area contributed by atoms with E-state index < -0.39 is 0 Å². The molecule has 1 rings (SSSR count). The number of furan rings is 1. The summed E-state index contributed by atoms with van der Waals surface area (Å²) in [6, 6.07) is 4.49. The molecule has 0 amide bonds. The van der Waals surface area contributed by atoms with Crippen LogP contribution in [0.2, 0.25) is 0 Å². The Labute approximate surface area is 105 Å². The summed E-state index contributed by atoms with van der Waals surface area (Å²) in [6.07, 6.45) is 1.71. The molecule has 0 aliphatic rings. The van der Waals surface area contributed by atoms with Crippen LogP contribution in [-0.2, 0) is 6.54 Å². The molecule has 0 saturated heterocycles. The van der Waals surface area contributed by atoms with E-state index in [1.54, 1.807) is 6.26 Å². The summed E-state index contributed by atoms with van der Waals surface area (Å²) in [7, 11) is 2.19. The molecule has 3 nitrogen and oxygen atoms in total. The van der Waals surface area contributed by atoms with E-state index in [9.17, 15) is 0 Å². The van der Waals surface area contributed by atoms with Gasteiger partial charge in [-0.05, 0) is 31.5 Å². The molecule has 17 heavy (non-hydrogen) atoms. The van der Waals surface area contributed by atoms with Crippen LogP contribution in [0.15, 0.2) is 22.8 Å². The molecule has 0 fully saturated rings. The minimum atomic E-state index is 0.329. The van der Waals surface area contributed by atoms with Crippen molar-refractivity contribution in [1.29, 1.82) is 0 Å². The molecule has 0 aliphatic heterocycles. The average molecular weight is 238 g/mol. The molecule has 1 heterocycles. The van der Waals surface area contributed by atoms with Gasteiger partial charge in [-0.3, -0.25) is 0 Å². The minimum Gasteiger partial charge on any atom is -0.468 e. The molecule has 3 heteroatoms. The topological polar surface area (TPSA) is 28.4 Å². The van der Waals surface area contributed by atoms with Crippen molar-refractivity contribution >= 4 is 0 Å². The van der Waals surface area contributed by atoms with Gasteiger partial charge >= 0.3 is 0 Å². The van der Waals surface area contributed by atoms with Crippen molar-refractivity contribution in [2.45, 2.75) is 40.3 Å². The first-order chi connectivity index (χ1) is 7.91. The van der Waals surface area contributed by atoms with Crippen LogP contribution in [0.25, 0.3) is 0 Å². The van der Waals surface area contributed by atoms with E-state index >= 15 is 0 Å². The van der Waals surface area contributed by atoms with Gasteiger partial charge in [0.15, 0.2) is 0 Å². The summed E-state index contributed by atoms with van der Waals surface area (Å²) in [5, 5.41) is 3.39.